The number of anilines is 1. The minimum atomic E-state index is 0.277. The van der Waals surface area contributed by atoms with Crippen LogP contribution in [0.1, 0.15) is 19.3 Å². The Labute approximate surface area is 141 Å². The van der Waals surface area contributed by atoms with Crippen LogP contribution < -0.4 is 10.1 Å². The molecule has 0 radical (unpaired) electrons. The smallest absolute Gasteiger partial charge is 0.222 e. The van der Waals surface area contributed by atoms with E-state index in [1.807, 2.05) is 35.2 Å². The first-order chi connectivity index (χ1) is 11.8. The van der Waals surface area contributed by atoms with Gasteiger partial charge in [0.1, 0.15) is 17.9 Å². The van der Waals surface area contributed by atoms with Crippen molar-refractivity contribution in [3.63, 3.8) is 0 Å². The lowest BCUT2D eigenvalue weighted by atomic mass is 10.1. The van der Waals surface area contributed by atoms with Crippen LogP contribution in [-0.2, 0) is 4.79 Å². The van der Waals surface area contributed by atoms with Gasteiger partial charge in [-0.25, -0.2) is 9.97 Å². The Bertz CT molecular complexity index is 688. The quantitative estimate of drug-likeness (QED) is 0.792. The van der Waals surface area contributed by atoms with Crippen molar-refractivity contribution in [1.82, 2.24) is 14.9 Å². The predicted molar refractivity (Wildman–Crippen MR) is 92.9 cm³/mol. The van der Waals surface area contributed by atoms with Crippen LogP contribution in [0.2, 0.25) is 0 Å². The van der Waals surface area contributed by atoms with Gasteiger partial charge in [0.05, 0.1) is 12.8 Å². The zero-order valence-corrected chi connectivity index (χ0v) is 13.9. The number of nitrogens with zero attached hydrogens (tertiary/aromatic N) is 3. The monoisotopic (exact) mass is 326 g/mol. The van der Waals surface area contributed by atoms with Gasteiger partial charge in [0.2, 0.25) is 5.91 Å². The lowest BCUT2D eigenvalue weighted by Gasteiger charge is -2.15. The van der Waals surface area contributed by atoms with Crippen molar-refractivity contribution in [2.24, 2.45) is 0 Å². The summed E-state index contributed by atoms with van der Waals surface area (Å²) in [5.41, 5.74) is 1.88. The van der Waals surface area contributed by atoms with Gasteiger partial charge >= 0.3 is 0 Å². The summed E-state index contributed by atoms with van der Waals surface area (Å²) >= 11 is 0. The van der Waals surface area contributed by atoms with Gasteiger partial charge in [0.15, 0.2) is 0 Å². The molecule has 1 N–H and O–H groups in total. The van der Waals surface area contributed by atoms with E-state index in [0.29, 0.717) is 6.42 Å². The maximum Gasteiger partial charge on any atom is 0.222 e. The molecule has 1 fully saturated rings. The number of carbonyl (C=O) groups excluding carboxylic acids is 1. The van der Waals surface area contributed by atoms with Crippen LogP contribution in [0.4, 0.5) is 5.82 Å². The van der Waals surface area contributed by atoms with Crippen LogP contribution in [0.5, 0.6) is 5.75 Å². The fraction of sp³-hybridized carbons (Fsp3) is 0.389. The number of methoxy groups -OCH3 is 1. The Kier molecular flexibility index (Phi) is 5.25. The Balaban J connectivity index is 1.53. The van der Waals surface area contributed by atoms with Crippen molar-refractivity contribution in [3.05, 3.63) is 36.7 Å². The number of likely N-dealkylation sites (tertiary alicyclic amines) is 1. The number of aromatic nitrogens is 2. The first-order valence-corrected chi connectivity index (χ1v) is 8.24. The molecule has 1 aliphatic heterocycles. The normalized spacial score (nSPS) is 14.0. The van der Waals surface area contributed by atoms with Gasteiger partial charge in [-0.1, -0.05) is 0 Å². The van der Waals surface area contributed by atoms with Gasteiger partial charge in [0, 0.05) is 37.7 Å². The summed E-state index contributed by atoms with van der Waals surface area (Å²) in [6.45, 7) is 2.49. The van der Waals surface area contributed by atoms with E-state index in [2.05, 4.69) is 15.3 Å². The number of nitrogens with one attached hydrogen (secondary N) is 1. The largest absolute Gasteiger partial charge is 0.497 e. The van der Waals surface area contributed by atoms with E-state index in [-0.39, 0.29) is 5.91 Å². The molecule has 0 saturated carbocycles. The van der Waals surface area contributed by atoms with E-state index in [1.165, 1.54) is 0 Å². The molecular formula is C18H22N4O2. The van der Waals surface area contributed by atoms with Crippen molar-refractivity contribution < 1.29 is 9.53 Å². The molecule has 0 bridgehead atoms. The van der Waals surface area contributed by atoms with Gasteiger partial charge in [-0.2, -0.15) is 0 Å². The van der Waals surface area contributed by atoms with Crippen LogP contribution in [0, 0.1) is 0 Å². The number of ether oxygens (including phenoxy) is 1. The van der Waals surface area contributed by atoms with Crippen LogP contribution >= 0.6 is 0 Å². The summed E-state index contributed by atoms with van der Waals surface area (Å²) in [6.07, 6.45) is 4.16. The molecule has 2 aromatic rings. The van der Waals surface area contributed by atoms with Crippen molar-refractivity contribution in [2.75, 3.05) is 32.1 Å². The lowest BCUT2D eigenvalue weighted by Crippen LogP contribution is -2.27. The van der Waals surface area contributed by atoms with Crippen LogP contribution in [0.15, 0.2) is 36.7 Å². The number of amides is 1. The fourth-order valence-electron chi connectivity index (χ4n) is 2.80. The van der Waals surface area contributed by atoms with Crippen molar-refractivity contribution in [3.8, 4) is 17.0 Å². The van der Waals surface area contributed by atoms with Crippen LogP contribution in [0.3, 0.4) is 0 Å². The molecule has 0 aliphatic carbocycles. The minimum absolute atomic E-state index is 0.277. The molecule has 2 heterocycles. The van der Waals surface area contributed by atoms with Crippen molar-refractivity contribution >= 4 is 11.7 Å². The van der Waals surface area contributed by atoms with Crippen LogP contribution in [0.25, 0.3) is 11.3 Å². The molecule has 0 unspecified atom stereocenters. The predicted octanol–water partition coefficient (Wildman–Crippen LogP) is 2.58. The molecular weight excluding hydrogens is 304 g/mol. The van der Waals surface area contributed by atoms with Gasteiger partial charge in [0.25, 0.3) is 0 Å². The molecule has 6 heteroatoms. The van der Waals surface area contributed by atoms with E-state index in [4.69, 9.17) is 4.74 Å². The Morgan fingerprint density at radius 2 is 2.08 bits per heavy atom. The lowest BCUT2D eigenvalue weighted by molar-refractivity contribution is -0.127. The molecule has 1 aromatic heterocycles. The molecule has 0 spiro atoms. The number of hydrogen-bond acceptors (Lipinski definition) is 5. The molecule has 126 valence electrons. The Hall–Kier alpha value is -2.63. The summed E-state index contributed by atoms with van der Waals surface area (Å²) in [4.78, 5) is 22.1. The summed E-state index contributed by atoms with van der Waals surface area (Å²) in [7, 11) is 1.65. The van der Waals surface area contributed by atoms with E-state index < -0.39 is 0 Å². The average Bonchev–Trinajstić information content (AvgIpc) is 3.04. The standard InChI is InChI=1S/C18H22N4O2/c1-24-15-7-5-14(6-8-15)16-12-17(21-13-20-16)19-9-3-11-22-10-2-4-18(22)23/h5-8,12-13H,2-4,9-11H2,1H3,(H,19,20,21). The molecule has 3 rings (SSSR count). The first kappa shape index (κ1) is 16.2. The topological polar surface area (TPSA) is 67.3 Å². The SMILES string of the molecule is COc1ccc(-c2cc(NCCCN3CCCC3=O)ncn2)cc1. The fourth-order valence-corrected chi connectivity index (χ4v) is 2.80. The van der Waals surface area contributed by atoms with Gasteiger partial charge in [-0.05, 0) is 37.1 Å². The molecule has 1 aliphatic rings. The third-order valence-electron chi connectivity index (χ3n) is 4.14. The molecule has 0 atom stereocenters. The van der Waals surface area contributed by atoms with E-state index >= 15 is 0 Å². The molecule has 1 amide bonds. The zero-order chi connectivity index (χ0) is 16.8. The average molecular weight is 326 g/mol. The number of hydrogen-bond donors (Lipinski definition) is 1. The number of carbonyl (C=O) groups is 1. The highest BCUT2D eigenvalue weighted by molar-refractivity contribution is 5.78. The maximum atomic E-state index is 11.6. The minimum Gasteiger partial charge on any atom is -0.497 e. The second-order valence-corrected chi connectivity index (χ2v) is 5.78. The number of rotatable bonds is 7. The second kappa shape index (κ2) is 7.77. The van der Waals surface area contributed by atoms with E-state index in [0.717, 1.165) is 55.3 Å². The van der Waals surface area contributed by atoms with Gasteiger partial charge in [-0.3, -0.25) is 4.79 Å². The Morgan fingerprint density at radius 1 is 1.25 bits per heavy atom. The second-order valence-electron chi connectivity index (χ2n) is 5.78. The summed E-state index contributed by atoms with van der Waals surface area (Å²) in [5.74, 6) is 1.89. The summed E-state index contributed by atoms with van der Waals surface area (Å²) in [5, 5.41) is 3.30. The Morgan fingerprint density at radius 3 is 2.79 bits per heavy atom. The third-order valence-corrected chi connectivity index (χ3v) is 4.14. The number of benzene rings is 1. The molecule has 1 aromatic carbocycles. The highest BCUT2D eigenvalue weighted by Crippen LogP contribution is 2.21. The van der Waals surface area contributed by atoms with Crippen molar-refractivity contribution in [1.29, 1.82) is 0 Å². The van der Waals surface area contributed by atoms with Crippen LogP contribution in [-0.4, -0.2) is 47.5 Å². The molecule has 24 heavy (non-hydrogen) atoms. The summed E-state index contributed by atoms with van der Waals surface area (Å²) < 4.78 is 5.17. The van der Waals surface area contributed by atoms with Crippen molar-refractivity contribution in [2.45, 2.75) is 19.3 Å². The molecule has 1 saturated heterocycles. The summed E-state index contributed by atoms with van der Waals surface area (Å²) in [6, 6.07) is 9.71. The first-order valence-electron chi connectivity index (χ1n) is 8.24. The highest BCUT2D eigenvalue weighted by atomic mass is 16.5. The maximum absolute atomic E-state index is 11.6. The highest BCUT2D eigenvalue weighted by Gasteiger charge is 2.18. The zero-order valence-electron chi connectivity index (χ0n) is 13.9. The van der Waals surface area contributed by atoms with E-state index in [9.17, 15) is 4.79 Å². The van der Waals surface area contributed by atoms with Gasteiger partial charge < -0.3 is 15.0 Å². The third kappa shape index (κ3) is 4.01. The van der Waals surface area contributed by atoms with E-state index in [1.54, 1.807) is 13.4 Å². The van der Waals surface area contributed by atoms with Gasteiger partial charge in [-0.15, -0.1) is 0 Å². The molecule has 6 nitrogen and oxygen atoms in total.